The standard InChI is InChI=1S/C24H25ClN4O5/c1-3-16-6-4-5-7-19(16)27-23-24(33)29(15(2)13-26-23)28-21(30)11-8-17-12-18(25)9-10-20(17)34-14-22(31)32/h4-7,9-10,12-13H,3,8,11,14H2,1-2H3,(H,26,27)(H,28,30)(H,31,32). The number of aliphatic carboxylic acids is 1. The maximum absolute atomic E-state index is 13.0. The highest BCUT2D eigenvalue weighted by molar-refractivity contribution is 6.30. The minimum Gasteiger partial charge on any atom is -0.482 e. The van der Waals surface area contributed by atoms with Crippen molar-refractivity contribution in [2.24, 2.45) is 0 Å². The molecule has 0 aliphatic heterocycles. The molecule has 3 rings (SSSR count). The van der Waals surface area contributed by atoms with Gasteiger partial charge in [0.05, 0.1) is 11.9 Å². The first kappa shape index (κ1) is 24.8. The number of benzene rings is 2. The number of amides is 1. The van der Waals surface area contributed by atoms with Crippen LogP contribution < -0.4 is 21.0 Å². The van der Waals surface area contributed by atoms with Crippen LogP contribution in [0.3, 0.4) is 0 Å². The van der Waals surface area contributed by atoms with Crippen molar-refractivity contribution in [1.82, 2.24) is 9.66 Å². The van der Waals surface area contributed by atoms with Crippen molar-refractivity contribution in [3.63, 3.8) is 0 Å². The molecule has 1 amide bonds. The molecule has 0 bridgehead atoms. The minimum absolute atomic E-state index is 0.0133. The Bertz CT molecular complexity index is 1260. The Morgan fingerprint density at radius 3 is 2.68 bits per heavy atom. The maximum Gasteiger partial charge on any atom is 0.341 e. The summed E-state index contributed by atoms with van der Waals surface area (Å²) in [6.07, 6.45) is 2.52. The van der Waals surface area contributed by atoms with Gasteiger partial charge in [-0.2, -0.15) is 0 Å². The number of aromatic nitrogens is 2. The number of nitrogens with one attached hydrogen (secondary N) is 2. The van der Waals surface area contributed by atoms with Crippen molar-refractivity contribution >= 4 is 35.0 Å². The van der Waals surface area contributed by atoms with E-state index in [1.165, 1.54) is 6.20 Å². The fourth-order valence-corrected chi connectivity index (χ4v) is 3.49. The molecule has 3 aromatic rings. The van der Waals surface area contributed by atoms with Crippen molar-refractivity contribution in [3.8, 4) is 5.75 Å². The molecule has 0 aliphatic carbocycles. The SMILES string of the molecule is CCc1ccccc1Nc1ncc(C)n(NC(=O)CCc2cc(Cl)ccc2OCC(=O)O)c1=O. The molecule has 0 saturated carbocycles. The van der Waals surface area contributed by atoms with Crippen LogP contribution >= 0.6 is 11.6 Å². The second kappa shape index (κ2) is 11.3. The number of nitrogens with zero attached hydrogens (tertiary/aromatic N) is 2. The van der Waals surface area contributed by atoms with Gasteiger partial charge in [-0.3, -0.25) is 15.0 Å². The molecule has 0 radical (unpaired) electrons. The normalized spacial score (nSPS) is 10.6. The zero-order chi connectivity index (χ0) is 24.7. The minimum atomic E-state index is -1.11. The number of halogens is 1. The number of aryl methyl sites for hydroxylation is 3. The molecule has 0 atom stereocenters. The molecule has 0 aliphatic rings. The van der Waals surface area contributed by atoms with Crippen LogP contribution in [-0.2, 0) is 22.4 Å². The first-order valence-electron chi connectivity index (χ1n) is 10.6. The molecule has 0 unspecified atom stereocenters. The van der Waals surface area contributed by atoms with Gasteiger partial charge in [0.15, 0.2) is 12.4 Å². The lowest BCUT2D eigenvalue weighted by atomic mass is 10.1. The van der Waals surface area contributed by atoms with E-state index in [0.29, 0.717) is 22.0 Å². The topological polar surface area (TPSA) is 123 Å². The van der Waals surface area contributed by atoms with Gasteiger partial charge in [0.2, 0.25) is 5.91 Å². The van der Waals surface area contributed by atoms with Crippen LogP contribution in [0.1, 0.15) is 30.2 Å². The number of anilines is 2. The molecule has 178 valence electrons. The molecular formula is C24H25ClN4O5. The molecule has 9 nitrogen and oxygen atoms in total. The Labute approximate surface area is 201 Å². The summed E-state index contributed by atoms with van der Waals surface area (Å²) < 4.78 is 6.42. The largest absolute Gasteiger partial charge is 0.482 e. The molecule has 34 heavy (non-hydrogen) atoms. The number of carboxylic acid groups (broad SMARTS) is 1. The number of rotatable bonds is 10. The summed E-state index contributed by atoms with van der Waals surface area (Å²) in [6, 6.07) is 12.3. The molecule has 0 fully saturated rings. The molecule has 1 heterocycles. The average molecular weight is 485 g/mol. The zero-order valence-electron chi connectivity index (χ0n) is 18.8. The maximum atomic E-state index is 13.0. The smallest absolute Gasteiger partial charge is 0.341 e. The summed E-state index contributed by atoms with van der Waals surface area (Å²) in [5.41, 5.74) is 4.96. The lowest BCUT2D eigenvalue weighted by molar-refractivity contribution is -0.139. The fraction of sp³-hybridized carbons (Fsp3) is 0.250. The van der Waals surface area contributed by atoms with Gasteiger partial charge in [-0.25, -0.2) is 14.5 Å². The van der Waals surface area contributed by atoms with Gasteiger partial charge < -0.3 is 15.2 Å². The lowest BCUT2D eigenvalue weighted by Gasteiger charge is -2.15. The van der Waals surface area contributed by atoms with Crippen molar-refractivity contribution in [3.05, 3.63) is 80.9 Å². The van der Waals surface area contributed by atoms with E-state index < -0.39 is 24.0 Å². The highest BCUT2D eigenvalue weighted by Gasteiger charge is 2.14. The molecule has 3 N–H and O–H groups in total. The summed E-state index contributed by atoms with van der Waals surface area (Å²) in [7, 11) is 0. The monoisotopic (exact) mass is 484 g/mol. The number of ether oxygens (including phenoxy) is 1. The first-order chi connectivity index (χ1) is 16.3. The molecule has 0 spiro atoms. The fourth-order valence-electron chi connectivity index (χ4n) is 3.29. The van der Waals surface area contributed by atoms with Gasteiger partial charge in [-0.05, 0) is 55.2 Å². The number of para-hydroxylation sites is 1. The Balaban J connectivity index is 1.73. The summed E-state index contributed by atoms with van der Waals surface area (Å²) in [4.78, 5) is 40.6. The summed E-state index contributed by atoms with van der Waals surface area (Å²) in [5, 5.41) is 12.3. The molecule has 0 saturated heterocycles. The quantitative estimate of drug-likeness (QED) is 0.401. The van der Waals surface area contributed by atoms with Crippen molar-refractivity contribution in [2.45, 2.75) is 33.1 Å². The van der Waals surface area contributed by atoms with Crippen LogP contribution in [0.5, 0.6) is 5.75 Å². The third kappa shape index (κ3) is 6.35. The van der Waals surface area contributed by atoms with Gasteiger partial charge in [-0.1, -0.05) is 36.7 Å². The second-order valence-corrected chi connectivity index (χ2v) is 7.93. The van der Waals surface area contributed by atoms with Gasteiger partial charge in [-0.15, -0.1) is 0 Å². The van der Waals surface area contributed by atoms with Crippen LogP contribution in [0.25, 0.3) is 0 Å². The molecule has 1 aromatic heterocycles. The molecular weight excluding hydrogens is 460 g/mol. The van der Waals surface area contributed by atoms with E-state index in [1.54, 1.807) is 25.1 Å². The van der Waals surface area contributed by atoms with E-state index >= 15 is 0 Å². The van der Waals surface area contributed by atoms with E-state index in [1.807, 2.05) is 31.2 Å². The van der Waals surface area contributed by atoms with Crippen molar-refractivity contribution in [2.75, 3.05) is 17.3 Å². The lowest BCUT2D eigenvalue weighted by Crippen LogP contribution is -2.36. The Morgan fingerprint density at radius 1 is 1.18 bits per heavy atom. The van der Waals surface area contributed by atoms with Gasteiger partial charge >= 0.3 is 11.5 Å². The third-order valence-corrected chi connectivity index (χ3v) is 5.26. The van der Waals surface area contributed by atoms with Crippen LogP contribution in [0.15, 0.2) is 53.5 Å². The van der Waals surface area contributed by atoms with Crippen LogP contribution in [0, 0.1) is 6.92 Å². The third-order valence-electron chi connectivity index (χ3n) is 5.02. The average Bonchev–Trinajstić information content (AvgIpc) is 2.81. The van der Waals surface area contributed by atoms with Crippen molar-refractivity contribution in [1.29, 1.82) is 0 Å². The molecule has 10 heteroatoms. The van der Waals surface area contributed by atoms with Crippen molar-refractivity contribution < 1.29 is 19.4 Å². The number of hydrogen-bond donors (Lipinski definition) is 3. The Kier molecular flexibility index (Phi) is 8.26. The van der Waals surface area contributed by atoms with E-state index in [4.69, 9.17) is 21.4 Å². The van der Waals surface area contributed by atoms with Crippen LogP contribution in [0.4, 0.5) is 11.5 Å². The van der Waals surface area contributed by atoms with Gasteiger partial charge in [0.1, 0.15) is 5.75 Å². The van der Waals surface area contributed by atoms with E-state index in [0.717, 1.165) is 22.3 Å². The van der Waals surface area contributed by atoms with Gasteiger partial charge in [0.25, 0.3) is 0 Å². The predicted octanol–water partition coefficient (Wildman–Crippen LogP) is 3.68. The first-order valence-corrected chi connectivity index (χ1v) is 11.0. The number of carbonyl (C=O) groups excluding carboxylic acids is 1. The predicted molar refractivity (Wildman–Crippen MR) is 130 cm³/mol. The number of hydrogen-bond acceptors (Lipinski definition) is 6. The molecule has 2 aromatic carbocycles. The van der Waals surface area contributed by atoms with Gasteiger partial charge in [0, 0.05) is 17.1 Å². The zero-order valence-corrected chi connectivity index (χ0v) is 19.6. The van der Waals surface area contributed by atoms with Crippen LogP contribution in [-0.4, -0.2) is 33.2 Å². The summed E-state index contributed by atoms with van der Waals surface area (Å²) >= 11 is 6.04. The highest BCUT2D eigenvalue weighted by Crippen LogP contribution is 2.24. The summed E-state index contributed by atoms with van der Waals surface area (Å²) in [5.74, 6) is -1.11. The van der Waals surface area contributed by atoms with E-state index in [2.05, 4.69) is 15.7 Å². The second-order valence-electron chi connectivity index (χ2n) is 7.49. The Morgan fingerprint density at radius 2 is 1.94 bits per heavy atom. The number of carboxylic acids is 1. The summed E-state index contributed by atoms with van der Waals surface area (Å²) in [6.45, 7) is 3.16. The highest BCUT2D eigenvalue weighted by atomic mass is 35.5. The number of carbonyl (C=O) groups is 2. The Hall–Kier alpha value is -3.85. The van der Waals surface area contributed by atoms with Crippen LogP contribution in [0.2, 0.25) is 5.02 Å². The van der Waals surface area contributed by atoms with E-state index in [9.17, 15) is 14.4 Å². The van der Waals surface area contributed by atoms with E-state index in [-0.39, 0.29) is 18.7 Å².